The Labute approximate surface area is 270 Å². The van der Waals surface area contributed by atoms with Gasteiger partial charge in [0.05, 0.1) is 35.1 Å². The van der Waals surface area contributed by atoms with Crippen molar-refractivity contribution in [2.75, 3.05) is 7.11 Å². The van der Waals surface area contributed by atoms with Crippen LogP contribution in [0.1, 0.15) is 43.5 Å². The summed E-state index contributed by atoms with van der Waals surface area (Å²) in [5.41, 5.74) is 4.69. The van der Waals surface area contributed by atoms with E-state index in [9.17, 15) is 9.59 Å². The average molecular weight is 628 g/mol. The van der Waals surface area contributed by atoms with Gasteiger partial charge in [-0.15, -0.1) is 0 Å². The molecule has 0 aliphatic carbocycles. The second kappa shape index (κ2) is 11.9. The van der Waals surface area contributed by atoms with E-state index in [1.807, 2.05) is 56.3 Å². The summed E-state index contributed by atoms with van der Waals surface area (Å²) in [6.45, 7) is 6.10. The van der Waals surface area contributed by atoms with Crippen molar-refractivity contribution in [1.29, 1.82) is 0 Å². The molecule has 0 bridgehead atoms. The molecule has 1 atom stereocenters. The number of fused-ring (bicyclic) bond motifs is 3. The number of aromatic nitrogens is 2. The highest BCUT2D eigenvalue weighted by Gasteiger charge is 2.34. The van der Waals surface area contributed by atoms with Crippen molar-refractivity contribution >= 4 is 45.1 Å². The van der Waals surface area contributed by atoms with Crippen molar-refractivity contribution in [2.24, 2.45) is 4.99 Å². The minimum Gasteiger partial charge on any atom is -0.497 e. The minimum absolute atomic E-state index is 0.210. The minimum atomic E-state index is -0.691. The largest absolute Gasteiger partial charge is 0.497 e. The van der Waals surface area contributed by atoms with Gasteiger partial charge in [-0.1, -0.05) is 84.1 Å². The zero-order valence-electron chi connectivity index (χ0n) is 26.1. The van der Waals surface area contributed by atoms with Gasteiger partial charge in [0.25, 0.3) is 5.56 Å². The van der Waals surface area contributed by atoms with E-state index in [2.05, 4.69) is 65.4 Å². The van der Waals surface area contributed by atoms with Crippen LogP contribution >= 0.6 is 11.3 Å². The second-order valence-electron chi connectivity index (χ2n) is 11.7. The number of thiazole rings is 1. The third-order valence-corrected chi connectivity index (χ3v) is 9.33. The molecule has 0 amide bonds. The van der Waals surface area contributed by atoms with Crippen LogP contribution in [0.5, 0.6) is 5.75 Å². The number of allylic oxidation sites excluding steroid dienone is 1. The zero-order chi connectivity index (χ0) is 31.9. The number of methoxy groups -OCH3 is 1. The van der Waals surface area contributed by atoms with Crippen molar-refractivity contribution < 1.29 is 14.3 Å². The molecule has 0 spiro atoms. The highest BCUT2D eigenvalue weighted by molar-refractivity contribution is 7.07. The molecule has 2 aromatic heterocycles. The van der Waals surface area contributed by atoms with E-state index in [0.29, 0.717) is 32.9 Å². The number of carbonyl (C=O) groups is 1. The molecule has 1 aliphatic heterocycles. The van der Waals surface area contributed by atoms with E-state index in [1.165, 1.54) is 27.7 Å². The fourth-order valence-electron chi connectivity index (χ4n) is 6.24. The van der Waals surface area contributed by atoms with Crippen LogP contribution in [0.25, 0.3) is 27.8 Å². The number of hydrogen-bond acceptors (Lipinski definition) is 6. The number of ether oxygens (including phenoxy) is 2. The first-order valence-corrected chi connectivity index (χ1v) is 16.1. The first kappa shape index (κ1) is 29.5. The van der Waals surface area contributed by atoms with Crippen LogP contribution in [0, 0.1) is 0 Å². The number of carbonyl (C=O) groups excluding carboxylic acids is 1. The van der Waals surface area contributed by atoms with Crippen LogP contribution in [0.3, 0.4) is 0 Å². The highest BCUT2D eigenvalue weighted by Crippen LogP contribution is 2.32. The van der Waals surface area contributed by atoms with E-state index in [-0.39, 0.29) is 11.7 Å². The third-order valence-electron chi connectivity index (χ3n) is 8.34. The molecule has 1 aliphatic rings. The topological polar surface area (TPSA) is 74.8 Å². The molecule has 7 nitrogen and oxygen atoms in total. The molecule has 6 aromatic rings. The molecule has 3 heterocycles. The van der Waals surface area contributed by atoms with Gasteiger partial charge in [0.2, 0.25) is 0 Å². The summed E-state index contributed by atoms with van der Waals surface area (Å²) in [7, 11) is 1.60. The van der Waals surface area contributed by atoms with E-state index < -0.39 is 12.0 Å². The molecule has 0 N–H and O–H groups in total. The Kier molecular flexibility index (Phi) is 7.66. The van der Waals surface area contributed by atoms with Gasteiger partial charge in [0.15, 0.2) is 4.80 Å². The molecule has 0 saturated heterocycles. The molecule has 0 radical (unpaired) electrons. The lowest BCUT2D eigenvalue weighted by atomic mass is 9.96. The first-order chi connectivity index (χ1) is 22.3. The quantitative estimate of drug-likeness (QED) is 0.193. The van der Waals surface area contributed by atoms with Gasteiger partial charge in [-0.2, -0.15) is 0 Å². The van der Waals surface area contributed by atoms with Crippen LogP contribution in [0.4, 0.5) is 0 Å². The zero-order valence-corrected chi connectivity index (χ0v) is 26.9. The smallest absolute Gasteiger partial charge is 0.338 e. The Morgan fingerprint density at radius 3 is 2.43 bits per heavy atom. The molecular formula is C38H33N3O4S. The SMILES string of the molecule is COc1ccc([C@@H]2C(C(=O)OC(C)C)=C(C)N=c3s/c(=C\c4cn(Cc5cccc6ccccc56)c5ccccc45)c(=O)n32)cc1. The van der Waals surface area contributed by atoms with E-state index in [1.54, 1.807) is 18.6 Å². The number of hydrogen-bond donors (Lipinski definition) is 0. The summed E-state index contributed by atoms with van der Waals surface area (Å²) in [5, 5.41) is 3.48. The normalized spacial score (nSPS) is 15.0. The fraction of sp³-hybridized carbons (Fsp3) is 0.184. The molecule has 0 saturated carbocycles. The van der Waals surface area contributed by atoms with Gasteiger partial charge in [-0.3, -0.25) is 9.36 Å². The molecule has 8 heteroatoms. The second-order valence-corrected chi connectivity index (χ2v) is 12.7. The maximum Gasteiger partial charge on any atom is 0.338 e. The van der Waals surface area contributed by atoms with E-state index in [0.717, 1.165) is 22.0 Å². The molecule has 7 rings (SSSR count). The molecule has 0 fully saturated rings. The van der Waals surface area contributed by atoms with Gasteiger partial charge in [0, 0.05) is 29.2 Å². The molecule has 230 valence electrons. The Bertz CT molecular complexity index is 2340. The van der Waals surface area contributed by atoms with Crippen molar-refractivity contribution in [1.82, 2.24) is 9.13 Å². The summed E-state index contributed by atoms with van der Waals surface area (Å²) in [6.07, 6.45) is 3.74. The van der Waals surface area contributed by atoms with Crippen molar-refractivity contribution in [2.45, 2.75) is 39.5 Å². The summed E-state index contributed by atoms with van der Waals surface area (Å²) < 4.78 is 15.4. The first-order valence-electron chi connectivity index (χ1n) is 15.2. The Hall–Kier alpha value is -5.21. The van der Waals surface area contributed by atoms with Crippen LogP contribution in [-0.4, -0.2) is 28.3 Å². The number of esters is 1. The molecule has 4 aromatic carbocycles. The van der Waals surface area contributed by atoms with Crippen LogP contribution in [0.15, 0.2) is 118 Å². The van der Waals surface area contributed by atoms with Gasteiger partial charge in [-0.25, -0.2) is 9.79 Å². The lowest BCUT2D eigenvalue weighted by Gasteiger charge is -2.25. The Morgan fingerprint density at radius 1 is 0.957 bits per heavy atom. The molecule has 0 unspecified atom stereocenters. The number of para-hydroxylation sites is 1. The summed E-state index contributed by atoms with van der Waals surface area (Å²) in [4.78, 5) is 33.0. The number of benzene rings is 4. The maximum absolute atomic E-state index is 14.3. The molecular weight excluding hydrogens is 595 g/mol. The summed E-state index contributed by atoms with van der Waals surface area (Å²) >= 11 is 1.33. The third kappa shape index (κ3) is 5.24. The fourth-order valence-corrected chi connectivity index (χ4v) is 7.28. The Morgan fingerprint density at radius 2 is 1.67 bits per heavy atom. The van der Waals surface area contributed by atoms with Crippen molar-refractivity contribution in [3.05, 3.63) is 145 Å². The van der Waals surface area contributed by atoms with E-state index >= 15 is 0 Å². The van der Waals surface area contributed by atoms with Gasteiger partial charge >= 0.3 is 5.97 Å². The monoisotopic (exact) mass is 627 g/mol. The average Bonchev–Trinajstić information content (AvgIpc) is 3.56. The highest BCUT2D eigenvalue weighted by atomic mass is 32.1. The van der Waals surface area contributed by atoms with Crippen LogP contribution < -0.4 is 19.6 Å². The summed E-state index contributed by atoms with van der Waals surface area (Å²) in [6, 6.07) is 29.8. The predicted molar refractivity (Wildman–Crippen MR) is 183 cm³/mol. The maximum atomic E-state index is 14.3. The predicted octanol–water partition coefficient (Wildman–Crippen LogP) is 6.35. The summed E-state index contributed by atoms with van der Waals surface area (Å²) in [5.74, 6) is 0.200. The standard InChI is InChI=1S/C38H33N3O4S/c1-23(2)45-37(43)34-24(3)39-38-41(35(34)26-16-18-29(44-4)19-17-26)36(42)33(46-38)20-28-22-40(32-15-8-7-14-31(28)32)21-27-12-9-11-25-10-5-6-13-30(25)27/h5-20,22-23,35H,21H2,1-4H3/b33-20-/t35-/m1/s1. The van der Waals surface area contributed by atoms with E-state index in [4.69, 9.17) is 14.5 Å². The van der Waals surface area contributed by atoms with Gasteiger partial charge in [-0.05, 0) is 66.9 Å². The van der Waals surface area contributed by atoms with Crippen molar-refractivity contribution in [3.8, 4) is 5.75 Å². The number of nitrogens with zero attached hydrogens (tertiary/aromatic N) is 3. The molecule has 46 heavy (non-hydrogen) atoms. The lowest BCUT2D eigenvalue weighted by molar-refractivity contribution is -0.143. The lowest BCUT2D eigenvalue weighted by Crippen LogP contribution is -2.40. The van der Waals surface area contributed by atoms with Gasteiger partial charge < -0.3 is 14.0 Å². The Balaban J connectivity index is 1.37. The van der Waals surface area contributed by atoms with Gasteiger partial charge in [0.1, 0.15) is 5.75 Å². The number of rotatable bonds is 7. The van der Waals surface area contributed by atoms with Crippen LogP contribution in [-0.2, 0) is 16.1 Å². The van der Waals surface area contributed by atoms with Crippen LogP contribution in [0.2, 0.25) is 0 Å². The van der Waals surface area contributed by atoms with Crippen molar-refractivity contribution in [3.63, 3.8) is 0 Å².